The molecule has 13 aromatic rings. The Balaban J connectivity index is 1.08. The van der Waals surface area contributed by atoms with Gasteiger partial charge in [0, 0.05) is 49.6 Å². The Labute approximate surface area is 381 Å². The van der Waals surface area contributed by atoms with E-state index in [9.17, 15) is 0 Å². The minimum Gasteiger partial charge on any atom is -0.309 e. The van der Waals surface area contributed by atoms with Crippen LogP contribution < -0.4 is 0 Å². The number of fused-ring (bicyclic) bond motifs is 7. The van der Waals surface area contributed by atoms with Crippen molar-refractivity contribution in [3.8, 4) is 67.8 Å². The Hall–Kier alpha value is -8.93. The third-order valence-electron chi connectivity index (χ3n) is 13.0. The Bertz CT molecular complexity index is 3980. The average molecular weight is 842 g/mol. The van der Waals surface area contributed by atoms with Crippen LogP contribution in [0.1, 0.15) is 0 Å². The molecule has 0 bridgehead atoms. The van der Waals surface area contributed by atoms with Crippen molar-refractivity contribution in [1.29, 1.82) is 0 Å². The molecule has 0 radical (unpaired) electrons. The lowest BCUT2D eigenvalue weighted by Gasteiger charge is -2.18. The van der Waals surface area contributed by atoms with Crippen LogP contribution in [0.3, 0.4) is 0 Å². The van der Waals surface area contributed by atoms with Gasteiger partial charge in [-0.3, -0.25) is 0 Å². The van der Waals surface area contributed by atoms with Crippen LogP contribution in [-0.4, -0.2) is 24.1 Å². The van der Waals surface area contributed by atoms with Crippen molar-refractivity contribution < 1.29 is 0 Å². The van der Waals surface area contributed by atoms with Crippen LogP contribution in [-0.2, 0) is 0 Å². The molecule has 0 aliphatic rings. The third-order valence-corrected chi connectivity index (χ3v) is 13.0. The average Bonchev–Trinajstić information content (AvgIpc) is 3.90. The molecule has 10 aromatic carbocycles. The summed E-state index contributed by atoms with van der Waals surface area (Å²) in [7, 11) is 0. The topological polar surface area (TPSA) is 48.5 Å². The number of benzene rings is 10. The zero-order valence-electron chi connectivity index (χ0n) is 35.8. The maximum Gasteiger partial charge on any atom is 0.164 e. The quantitative estimate of drug-likeness (QED) is 0.161. The first-order valence-electron chi connectivity index (χ1n) is 22.4. The highest BCUT2D eigenvalue weighted by Crippen LogP contribution is 2.42. The lowest BCUT2D eigenvalue weighted by molar-refractivity contribution is 1.07. The summed E-state index contributed by atoms with van der Waals surface area (Å²) in [6.07, 6.45) is 0. The Morgan fingerprint density at radius 1 is 0.242 bits per heavy atom. The van der Waals surface area contributed by atoms with Crippen LogP contribution in [0, 0.1) is 0 Å². The molecule has 0 fully saturated rings. The number of aromatic nitrogens is 5. The van der Waals surface area contributed by atoms with Crippen LogP contribution in [0.2, 0.25) is 0 Å². The molecule has 0 atom stereocenters. The van der Waals surface area contributed by atoms with Crippen LogP contribution in [0.4, 0.5) is 0 Å². The summed E-state index contributed by atoms with van der Waals surface area (Å²) in [6, 6.07) is 84.1. The van der Waals surface area contributed by atoms with E-state index in [4.69, 9.17) is 15.0 Å². The fourth-order valence-electron chi connectivity index (χ4n) is 9.92. The van der Waals surface area contributed by atoms with Gasteiger partial charge in [-0.1, -0.05) is 176 Å². The SMILES string of the molecule is c1ccc(-c2nc(-c3ccc4c5ccccc5n(-c5ccccc5)c4c3)nc(-c3ccc(-n4c5ccccc5c5cc6ccccc6cc54)cc3-c3ccccc3-c3ccccc3)n2)cc1. The molecule has 0 aliphatic carbocycles. The minimum atomic E-state index is 0.597. The van der Waals surface area contributed by atoms with Crippen molar-refractivity contribution in [1.82, 2.24) is 24.1 Å². The van der Waals surface area contributed by atoms with Crippen LogP contribution in [0.5, 0.6) is 0 Å². The fraction of sp³-hybridized carbons (Fsp3) is 0. The molecule has 0 saturated carbocycles. The number of para-hydroxylation sites is 3. The van der Waals surface area contributed by atoms with Crippen molar-refractivity contribution in [2.45, 2.75) is 0 Å². The fourth-order valence-corrected chi connectivity index (χ4v) is 9.92. The van der Waals surface area contributed by atoms with Gasteiger partial charge in [-0.2, -0.15) is 0 Å². The Morgan fingerprint density at radius 2 is 0.758 bits per heavy atom. The predicted octanol–water partition coefficient (Wildman–Crippen LogP) is 15.6. The van der Waals surface area contributed by atoms with Crippen molar-refractivity contribution in [2.24, 2.45) is 0 Å². The summed E-state index contributed by atoms with van der Waals surface area (Å²) in [6.45, 7) is 0. The van der Waals surface area contributed by atoms with Gasteiger partial charge in [0.05, 0.1) is 22.1 Å². The zero-order valence-corrected chi connectivity index (χ0v) is 35.8. The summed E-state index contributed by atoms with van der Waals surface area (Å²) < 4.78 is 4.74. The number of hydrogen-bond donors (Lipinski definition) is 0. The maximum absolute atomic E-state index is 5.44. The summed E-state index contributed by atoms with van der Waals surface area (Å²) >= 11 is 0. The molecule has 3 heterocycles. The van der Waals surface area contributed by atoms with Crippen molar-refractivity contribution in [2.75, 3.05) is 0 Å². The minimum absolute atomic E-state index is 0.597. The van der Waals surface area contributed by atoms with E-state index >= 15 is 0 Å². The van der Waals surface area contributed by atoms with Crippen molar-refractivity contribution in [3.63, 3.8) is 0 Å². The summed E-state index contributed by atoms with van der Waals surface area (Å²) in [5.41, 5.74) is 13.8. The van der Waals surface area contributed by atoms with E-state index < -0.39 is 0 Å². The van der Waals surface area contributed by atoms with E-state index in [-0.39, 0.29) is 0 Å². The van der Waals surface area contributed by atoms with Gasteiger partial charge in [-0.15, -0.1) is 0 Å². The van der Waals surface area contributed by atoms with Gasteiger partial charge in [-0.05, 0) is 93.7 Å². The van der Waals surface area contributed by atoms with Gasteiger partial charge in [-0.25, -0.2) is 15.0 Å². The van der Waals surface area contributed by atoms with Gasteiger partial charge in [0.2, 0.25) is 0 Å². The molecule has 0 N–H and O–H groups in total. The first kappa shape index (κ1) is 37.6. The number of rotatable bonds is 7. The molecule has 5 nitrogen and oxygen atoms in total. The van der Waals surface area contributed by atoms with E-state index in [1.54, 1.807) is 0 Å². The number of hydrogen-bond acceptors (Lipinski definition) is 3. The highest BCUT2D eigenvalue weighted by molar-refractivity contribution is 6.14. The molecule has 0 spiro atoms. The van der Waals surface area contributed by atoms with E-state index in [0.29, 0.717) is 17.5 Å². The molecular formula is C61H39N5. The van der Waals surface area contributed by atoms with E-state index in [0.717, 1.165) is 72.4 Å². The summed E-state index contributed by atoms with van der Waals surface area (Å²) in [5.74, 6) is 1.81. The summed E-state index contributed by atoms with van der Waals surface area (Å²) in [4.78, 5) is 16.0. The van der Waals surface area contributed by atoms with Gasteiger partial charge in [0.15, 0.2) is 17.5 Å². The zero-order chi connectivity index (χ0) is 43.6. The maximum atomic E-state index is 5.44. The van der Waals surface area contributed by atoms with Gasteiger partial charge in [0.25, 0.3) is 0 Å². The van der Waals surface area contributed by atoms with Crippen molar-refractivity contribution >= 4 is 54.4 Å². The highest BCUT2D eigenvalue weighted by Gasteiger charge is 2.22. The second kappa shape index (κ2) is 15.4. The monoisotopic (exact) mass is 841 g/mol. The Kier molecular flexibility index (Phi) is 8.78. The normalized spacial score (nSPS) is 11.6. The molecular weight excluding hydrogens is 803 g/mol. The molecule has 0 amide bonds. The standard InChI is InChI=1S/C61H39N5/c1-4-18-40(19-5-1)47-26-12-13-27-48(47)53-39-46(66-56-31-17-15-29-50(56)54-36-42-22-10-11-23-43(42)37-58(54)66)33-35-52(53)61-63-59(41-20-6-2-7-21-41)62-60(64-61)44-32-34-51-49-28-14-16-30-55(49)65(57(51)38-44)45-24-8-3-9-25-45/h1-39H. The van der Waals surface area contributed by atoms with Gasteiger partial charge in [0.1, 0.15) is 0 Å². The second-order valence-electron chi connectivity index (χ2n) is 16.8. The lowest BCUT2D eigenvalue weighted by Crippen LogP contribution is -2.03. The smallest absolute Gasteiger partial charge is 0.164 e. The van der Waals surface area contributed by atoms with Crippen LogP contribution >= 0.6 is 0 Å². The van der Waals surface area contributed by atoms with Gasteiger partial charge < -0.3 is 9.13 Å². The van der Waals surface area contributed by atoms with Crippen LogP contribution in [0.25, 0.3) is 122 Å². The summed E-state index contributed by atoms with van der Waals surface area (Å²) in [5, 5.41) is 7.23. The molecule has 5 heteroatoms. The van der Waals surface area contributed by atoms with E-state index in [2.05, 4.69) is 228 Å². The van der Waals surface area contributed by atoms with E-state index in [1.807, 2.05) is 18.2 Å². The Morgan fingerprint density at radius 3 is 1.48 bits per heavy atom. The third kappa shape index (κ3) is 6.21. The molecule has 0 aliphatic heterocycles. The molecule has 66 heavy (non-hydrogen) atoms. The molecule has 3 aromatic heterocycles. The van der Waals surface area contributed by atoms with Crippen LogP contribution in [0.15, 0.2) is 237 Å². The number of nitrogens with zero attached hydrogens (tertiary/aromatic N) is 5. The largest absolute Gasteiger partial charge is 0.309 e. The molecule has 0 unspecified atom stereocenters. The first-order chi connectivity index (χ1) is 32.7. The van der Waals surface area contributed by atoms with Gasteiger partial charge >= 0.3 is 0 Å². The van der Waals surface area contributed by atoms with Crippen molar-refractivity contribution in [3.05, 3.63) is 237 Å². The lowest BCUT2D eigenvalue weighted by atomic mass is 9.91. The second-order valence-corrected chi connectivity index (χ2v) is 16.8. The first-order valence-corrected chi connectivity index (χ1v) is 22.4. The molecule has 13 rings (SSSR count). The van der Waals surface area contributed by atoms with E-state index in [1.165, 1.54) is 32.3 Å². The molecule has 308 valence electrons. The predicted molar refractivity (Wildman–Crippen MR) is 273 cm³/mol. The molecule has 0 saturated heterocycles. The highest BCUT2D eigenvalue weighted by atomic mass is 15.0.